The smallest absolute Gasteiger partial charge is 0.267 e. The Balaban J connectivity index is 2.49. The van der Waals surface area contributed by atoms with E-state index in [0.29, 0.717) is 11.3 Å². The van der Waals surface area contributed by atoms with E-state index >= 15 is 0 Å². The fourth-order valence-electron chi connectivity index (χ4n) is 1.59. The van der Waals surface area contributed by atoms with Crippen molar-refractivity contribution in [2.45, 2.75) is 6.17 Å². The highest BCUT2D eigenvalue weighted by molar-refractivity contribution is 6.04. The summed E-state index contributed by atoms with van der Waals surface area (Å²) in [5.41, 5.74) is 0.996. The van der Waals surface area contributed by atoms with E-state index in [-0.39, 0.29) is 6.54 Å². The molecular formula is C11H8FNO. The Morgan fingerprint density at radius 2 is 2.21 bits per heavy atom. The van der Waals surface area contributed by atoms with Gasteiger partial charge in [0.15, 0.2) is 0 Å². The van der Waals surface area contributed by atoms with Crippen molar-refractivity contribution >= 4 is 11.6 Å². The molecule has 70 valence electrons. The maximum absolute atomic E-state index is 13.4. The van der Waals surface area contributed by atoms with Gasteiger partial charge in [-0.05, 0) is 6.07 Å². The van der Waals surface area contributed by atoms with E-state index in [2.05, 4.69) is 5.92 Å². The summed E-state index contributed by atoms with van der Waals surface area (Å²) in [6.45, 7) is 0.121. The molecule has 1 aromatic rings. The van der Waals surface area contributed by atoms with Crippen molar-refractivity contribution in [1.29, 1.82) is 0 Å². The highest BCUT2D eigenvalue weighted by Crippen LogP contribution is 2.37. The van der Waals surface area contributed by atoms with Crippen LogP contribution >= 0.6 is 0 Å². The molecule has 1 aromatic carbocycles. The summed E-state index contributed by atoms with van der Waals surface area (Å²) in [5, 5.41) is 0. The number of rotatable bonds is 1. The Kier molecular flexibility index (Phi) is 1.97. The maximum atomic E-state index is 13.4. The number of carbonyl (C=O) groups is 1. The largest absolute Gasteiger partial charge is 0.298 e. The second kappa shape index (κ2) is 3.15. The number of hydrogen-bond donors (Lipinski definition) is 0. The molecule has 0 fully saturated rings. The Morgan fingerprint density at radius 3 is 2.93 bits per heavy atom. The van der Waals surface area contributed by atoms with Gasteiger partial charge in [-0.3, -0.25) is 9.69 Å². The van der Waals surface area contributed by atoms with E-state index in [0.717, 1.165) is 0 Å². The molecule has 2 rings (SSSR count). The first-order valence-corrected chi connectivity index (χ1v) is 4.23. The third-order valence-corrected chi connectivity index (χ3v) is 2.23. The summed E-state index contributed by atoms with van der Waals surface area (Å²) < 4.78 is 13.4. The van der Waals surface area contributed by atoms with Crippen LogP contribution in [0, 0.1) is 12.3 Å². The normalized spacial score (nSPS) is 19.3. The second-order valence-corrected chi connectivity index (χ2v) is 3.05. The Labute approximate surface area is 81.3 Å². The van der Waals surface area contributed by atoms with Crippen LogP contribution < -0.4 is 4.90 Å². The monoisotopic (exact) mass is 189 g/mol. The number of amides is 1. The number of alkyl halides is 1. The van der Waals surface area contributed by atoms with Crippen LogP contribution in [-0.4, -0.2) is 12.5 Å². The summed E-state index contributed by atoms with van der Waals surface area (Å²) in [5.74, 6) is 1.77. The van der Waals surface area contributed by atoms with E-state index in [1.807, 2.05) is 0 Å². The molecule has 0 bridgehead atoms. The first kappa shape index (κ1) is 8.76. The number of anilines is 1. The molecular weight excluding hydrogens is 181 g/mol. The lowest BCUT2D eigenvalue weighted by Crippen LogP contribution is -2.27. The van der Waals surface area contributed by atoms with Gasteiger partial charge in [0.2, 0.25) is 6.17 Å². The molecule has 0 N–H and O–H groups in total. The van der Waals surface area contributed by atoms with Crippen LogP contribution in [0.3, 0.4) is 0 Å². The van der Waals surface area contributed by atoms with Crippen molar-refractivity contribution in [3.63, 3.8) is 0 Å². The van der Waals surface area contributed by atoms with E-state index in [1.165, 1.54) is 4.90 Å². The molecule has 0 aromatic heterocycles. The zero-order valence-electron chi connectivity index (χ0n) is 7.40. The SMILES string of the molecule is C#CCN1C(=O)C(F)c2ccccc21. The van der Waals surface area contributed by atoms with Gasteiger partial charge in [-0.2, -0.15) is 0 Å². The predicted octanol–water partition coefficient (Wildman–Crippen LogP) is 1.68. The minimum Gasteiger partial charge on any atom is -0.298 e. The summed E-state index contributed by atoms with van der Waals surface area (Å²) in [7, 11) is 0. The van der Waals surface area contributed by atoms with Gasteiger partial charge in [-0.1, -0.05) is 24.1 Å². The highest BCUT2D eigenvalue weighted by atomic mass is 19.1. The minimum atomic E-state index is -1.56. The lowest BCUT2D eigenvalue weighted by Gasteiger charge is -2.12. The van der Waals surface area contributed by atoms with E-state index in [4.69, 9.17) is 6.42 Å². The van der Waals surface area contributed by atoms with Crippen LogP contribution in [0.15, 0.2) is 24.3 Å². The van der Waals surface area contributed by atoms with Crippen molar-refractivity contribution in [1.82, 2.24) is 0 Å². The molecule has 0 saturated heterocycles. The zero-order valence-corrected chi connectivity index (χ0v) is 7.40. The molecule has 0 radical (unpaired) electrons. The van der Waals surface area contributed by atoms with Gasteiger partial charge in [0.05, 0.1) is 12.2 Å². The molecule has 1 amide bonds. The molecule has 1 atom stereocenters. The lowest BCUT2D eigenvalue weighted by molar-refractivity contribution is -0.122. The lowest BCUT2D eigenvalue weighted by atomic mass is 10.1. The third kappa shape index (κ3) is 1.08. The van der Waals surface area contributed by atoms with Gasteiger partial charge in [0, 0.05) is 5.56 Å². The van der Waals surface area contributed by atoms with Crippen LogP contribution in [0.25, 0.3) is 0 Å². The molecule has 0 spiro atoms. The van der Waals surface area contributed by atoms with Gasteiger partial charge in [0.1, 0.15) is 0 Å². The van der Waals surface area contributed by atoms with Crippen molar-refractivity contribution in [3.05, 3.63) is 29.8 Å². The number of terminal acetylenes is 1. The zero-order chi connectivity index (χ0) is 10.1. The molecule has 0 saturated carbocycles. The fourth-order valence-corrected chi connectivity index (χ4v) is 1.59. The second-order valence-electron chi connectivity index (χ2n) is 3.05. The highest BCUT2D eigenvalue weighted by Gasteiger charge is 2.36. The standard InChI is InChI=1S/C11H8FNO/c1-2-7-13-9-6-4-3-5-8(9)10(12)11(13)14/h1,3-6,10H,7H2. The number of nitrogens with zero attached hydrogens (tertiary/aromatic N) is 1. The average Bonchev–Trinajstić information content (AvgIpc) is 2.45. The van der Waals surface area contributed by atoms with Crippen LogP contribution in [0.5, 0.6) is 0 Å². The molecule has 0 aliphatic carbocycles. The molecule has 3 heteroatoms. The van der Waals surface area contributed by atoms with Crippen LogP contribution in [0.2, 0.25) is 0 Å². The van der Waals surface area contributed by atoms with Gasteiger partial charge >= 0.3 is 0 Å². The van der Waals surface area contributed by atoms with E-state index in [9.17, 15) is 9.18 Å². The number of fused-ring (bicyclic) bond motifs is 1. The van der Waals surface area contributed by atoms with Gasteiger partial charge in [0.25, 0.3) is 5.91 Å². The van der Waals surface area contributed by atoms with Crippen molar-refractivity contribution in [2.75, 3.05) is 11.4 Å². The van der Waals surface area contributed by atoms with Crippen molar-refractivity contribution in [3.8, 4) is 12.3 Å². The Hall–Kier alpha value is -1.82. The Morgan fingerprint density at radius 1 is 1.50 bits per heavy atom. The van der Waals surface area contributed by atoms with Gasteiger partial charge in [-0.15, -0.1) is 6.42 Å². The summed E-state index contributed by atoms with van der Waals surface area (Å²) >= 11 is 0. The summed E-state index contributed by atoms with van der Waals surface area (Å²) in [4.78, 5) is 12.7. The van der Waals surface area contributed by atoms with Crippen molar-refractivity contribution < 1.29 is 9.18 Å². The molecule has 1 heterocycles. The van der Waals surface area contributed by atoms with E-state index < -0.39 is 12.1 Å². The van der Waals surface area contributed by atoms with Gasteiger partial charge < -0.3 is 0 Å². The topological polar surface area (TPSA) is 20.3 Å². The summed E-state index contributed by atoms with van der Waals surface area (Å²) in [6.07, 6.45) is 3.55. The minimum absolute atomic E-state index is 0.121. The number of para-hydroxylation sites is 1. The number of hydrogen-bond acceptors (Lipinski definition) is 1. The first-order chi connectivity index (χ1) is 6.75. The quantitative estimate of drug-likeness (QED) is 0.615. The van der Waals surface area contributed by atoms with Crippen LogP contribution in [0.4, 0.5) is 10.1 Å². The van der Waals surface area contributed by atoms with Gasteiger partial charge in [-0.25, -0.2) is 4.39 Å². The molecule has 1 aliphatic rings. The van der Waals surface area contributed by atoms with Crippen LogP contribution in [0.1, 0.15) is 11.7 Å². The van der Waals surface area contributed by atoms with Crippen molar-refractivity contribution in [2.24, 2.45) is 0 Å². The first-order valence-electron chi connectivity index (χ1n) is 4.23. The summed E-state index contributed by atoms with van der Waals surface area (Å²) in [6, 6.07) is 6.77. The van der Waals surface area contributed by atoms with E-state index in [1.54, 1.807) is 24.3 Å². The fraction of sp³-hybridized carbons (Fsp3) is 0.182. The van der Waals surface area contributed by atoms with Crippen LogP contribution in [-0.2, 0) is 4.79 Å². The number of halogens is 1. The average molecular weight is 189 g/mol. The molecule has 14 heavy (non-hydrogen) atoms. The molecule has 1 unspecified atom stereocenters. The predicted molar refractivity (Wildman–Crippen MR) is 51.5 cm³/mol. The number of benzene rings is 1. The molecule has 1 aliphatic heterocycles. The Bertz CT molecular complexity index is 422. The number of carbonyl (C=O) groups excluding carboxylic acids is 1. The molecule has 2 nitrogen and oxygen atoms in total. The maximum Gasteiger partial charge on any atom is 0.267 e. The third-order valence-electron chi connectivity index (χ3n) is 2.23.